The summed E-state index contributed by atoms with van der Waals surface area (Å²) in [6, 6.07) is 20.0. The molecule has 1 amide bonds. The summed E-state index contributed by atoms with van der Waals surface area (Å²) in [6.07, 6.45) is 3.79. The van der Waals surface area contributed by atoms with Crippen molar-refractivity contribution in [3.05, 3.63) is 82.9 Å². The number of rotatable bonds is 7. The lowest BCUT2D eigenvalue weighted by molar-refractivity contribution is -0.118. The van der Waals surface area contributed by atoms with Gasteiger partial charge in [-0.05, 0) is 71.3 Å². The maximum absolute atomic E-state index is 13.4. The summed E-state index contributed by atoms with van der Waals surface area (Å²) in [4.78, 5) is 13.4. The number of carbonyl (C=O) groups is 1. The van der Waals surface area contributed by atoms with E-state index in [0.717, 1.165) is 58.5 Å². The molecule has 0 bridgehead atoms. The third-order valence-corrected chi connectivity index (χ3v) is 8.42. The molecule has 6 nitrogen and oxygen atoms in total. The maximum atomic E-state index is 13.4. The minimum Gasteiger partial charge on any atom is -0.493 e. The normalized spacial score (nSPS) is 16.0. The lowest BCUT2D eigenvalue weighted by Crippen LogP contribution is -2.27. The van der Waals surface area contributed by atoms with E-state index in [1.165, 1.54) is 16.1 Å². The van der Waals surface area contributed by atoms with E-state index in [-0.39, 0.29) is 7.33 Å². The van der Waals surface area contributed by atoms with Crippen LogP contribution >= 0.6 is 0 Å². The Morgan fingerprint density at radius 3 is 2.51 bits per heavy atom. The second kappa shape index (κ2) is 8.81. The topological polar surface area (TPSA) is 75.7 Å². The predicted octanol–water partition coefficient (Wildman–Crippen LogP) is 4.90. The Hall–Kier alpha value is -3.16. The highest BCUT2D eigenvalue weighted by Crippen LogP contribution is 2.50. The molecule has 0 radical (unpaired) electrons. The van der Waals surface area contributed by atoms with Gasteiger partial charge in [-0.25, -0.2) is 12.7 Å². The van der Waals surface area contributed by atoms with Crippen LogP contribution in [0.5, 0.6) is 5.75 Å². The van der Waals surface area contributed by atoms with Gasteiger partial charge in [-0.1, -0.05) is 42.5 Å². The molecule has 1 heterocycles. The van der Waals surface area contributed by atoms with Gasteiger partial charge in [-0.15, -0.1) is 0 Å². The van der Waals surface area contributed by atoms with E-state index in [2.05, 4.69) is 11.4 Å². The first-order chi connectivity index (χ1) is 16.7. The number of amides is 1. The zero-order valence-electron chi connectivity index (χ0n) is 20.3. The van der Waals surface area contributed by atoms with Gasteiger partial charge < -0.3 is 10.1 Å². The number of ether oxygens (including phenoxy) is 1. The summed E-state index contributed by atoms with van der Waals surface area (Å²) < 4.78 is 30.3. The summed E-state index contributed by atoms with van der Waals surface area (Å²) in [7, 11) is -1.66. The van der Waals surface area contributed by atoms with Crippen molar-refractivity contribution in [2.75, 3.05) is 25.2 Å². The minimum atomic E-state index is -3.23. The van der Waals surface area contributed by atoms with E-state index in [1.54, 1.807) is 7.05 Å². The fourth-order valence-electron chi connectivity index (χ4n) is 4.68. The number of carbonyl (C=O) groups excluding carboxylic acids is 1. The van der Waals surface area contributed by atoms with Gasteiger partial charge in [0, 0.05) is 27.1 Å². The Kier molecular flexibility index (Phi) is 5.93. The molecule has 184 valence electrons. The van der Waals surface area contributed by atoms with Crippen LogP contribution in [0.2, 0.25) is 0 Å². The number of sulfonamides is 1. The summed E-state index contributed by atoms with van der Waals surface area (Å²) in [5, 5.41) is 3.16. The van der Waals surface area contributed by atoms with E-state index in [1.807, 2.05) is 61.5 Å². The van der Waals surface area contributed by atoms with E-state index >= 15 is 0 Å². The number of anilines is 1. The third-order valence-electron chi connectivity index (χ3n) is 7.16. The molecule has 0 saturated heterocycles. The van der Waals surface area contributed by atoms with Gasteiger partial charge in [0.1, 0.15) is 5.75 Å². The van der Waals surface area contributed by atoms with Crippen molar-refractivity contribution in [3.8, 4) is 16.9 Å². The number of aryl methyl sites for hydroxylation is 1. The predicted molar refractivity (Wildman–Crippen MR) is 140 cm³/mol. The Balaban J connectivity index is 0.00000304. The molecule has 1 saturated carbocycles. The lowest BCUT2D eigenvalue weighted by atomic mass is 9.92. The van der Waals surface area contributed by atoms with Crippen LogP contribution in [0.3, 0.4) is 0 Å². The third kappa shape index (κ3) is 4.70. The smallest absolute Gasteiger partial charge is 0.235 e. The van der Waals surface area contributed by atoms with Crippen LogP contribution in [0, 0.1) is 6.92 Å². The first-order valence-electron chi connectivity index (χ1n) is 11.8. The average molecular weight is 493 g/mol. The van der Waals surface area contributed by atoms with Crippen molar-refractivity contribution in [2.45, 2.75) is 38.1 Å². The molecule has 1 aliphatic carbocycles. The van der Waals surface area contributed by atoms with Crippen molar-refractivity contribution in [1.29, 1.82) is 0 Å². The highest BCUT2D eigenvalue weighted by atomic mass is 32.2. The average Bonchev–Trinajstić information content (AvgIpc) is 3.51. The van der Waals surface area contributed by atoms with E-state index in [0.29, 0.717) is 13.2 Å². The lowest BCUT2D eigenvalue weighted by Gasteiger charge is -2.18. The van der Waals surface area contributed by atoms with Crippen molar-refractivity contribution in [3.63, 3.8) is 0 Å². The summed E-state index contributed by atoms with van der Waals surface area (Å²) in [6.45, 7) is 3.08. The van der Waals surface area contributed by atoms with Gasteiger partial charge in [0.2, 0.25) is 15.9 Å². The SMILES string of the molecule is Cc1ccc(NC(=O)C2(c3ccc4c(c3)CCO4)CC2)cc1-c1ccc(CN(C)S(C)(=O)=O)cc1.[HH]. The molecule has 1 aliphatic heterocycles. The molecule has 0 unspecified atom stereocenters. The summed E-state index contributed by atoms with van der Waals surface area (Å²) in [5.74, 6) is 0.965. The number of benzene rings is 3. The summed E-state index contributed by atoms with van der Waals surface area (Å²) >= 11 is 0. The molecule has 0 atom stereocenters. The molecule has 7 heteroatoms. The fraction of sp³-hybridized carbons (Fsp3) is 0.321. The molecule has 3 aromatic rings. The zero-order valence-corrected chi connectivity index (χ0v) is 21.1. The first kappa shape index (κ1) is 23.6. The summed E-state index contributed by atoms with van der Waals surface area (Å²) in [5.41, 5.74) is 6.63. The number of hydrogen-bond acceptors (Lipinski definition) is 4. The molecule has 3 aromatic carbocycles. The van der Waals surface area contributed by atoms with E-state index in [9.17, 15) is 13.2 Å². The Labute approximate surface area is 208 Å². The van der Waals surface area contributed by atoms with Crippen molar-refractivity contribution in [1.82, 2.24) is 4.31 Å². The number of nitrogens with one attached hydrogen (secondary N) is 1. The van der Waals surface area contributed by atoms with Gasteiger partial charge in [0.05, 0.1) is 18.3 Å². The van der Waals surface area contributed by atoms with Crippen molar-refractivity contribution >= 4 is 21.6 Å². The monoisotopic (exact) mass is 492 g/mol. The van der Waals surface area contributed by atoms with Gasteiger partial charge in [0.15, 0.2) is 0 Å². The van der Waals surface area contributed by atoms with Crippen LogP contribution in [0.4, 0.5) is 5.69 Å². The Morgan fingerprint density at radius 2 is 1.83 bits per heavy atom. The molecule has 2 aliphatic rings. The molecule has 35 heavy (non-hydrogen) atoms. The quantitative estimate of drug-likeness (QED) is 0.509. The van der Waals surface area contributed by atoms with E-state index in [4.69, 9.17) is 4.74 Å². The van der Waals surface area contributed by atoms with Crippen molar-refractivity contribution in [2.24, 2.45) is 0 Å². The highest BCUT2D eigenvalue weighted by Gasteiger charge is 2.51. The number of nitrogens with zero attached hydrogens (tertiary/aromatic N) is 1. The molecule has 0 spiro atoms. The zero-order chi connectivity index (χ0) is 24.8. The second-order valence-corrected chi connectivity index (χ2v) is 11.8. The van der Waals surface area contributed by atoms with Crippen LogP contribution < -0.4 is 10.1 Å². The molecule has 1 N–H and O–H groups in total. The number of hydrogen-bond donors (Lipinski definition) is 1. The number of fused-ring (bicyclic) bond motifs is 1. The van der Waals surface area contributed by atoms with Crippen LogP contribution in [-0.2, 0) is 33.2 Å². The highest BCUT2D eigenvalue weighted by molar-refractivity contribution is 7.88. The molecule has 0 aromatic heterocycles. The molecule has 5 rings (SSSR count). The molecule has 1 fully saturated rings. The standard InChI is InChI=1S/C28H30N2O4S.H2/c1-19-4-10-24(17-25(19)21-7-5-20(6-8-21)18-30(2)35(3,32)33)29-27(31)28(13-14-28)23-9-11-26-22(16-23)12-15-34-26;/h4-11,16-17H,12-15,18H2,1-3H3,(H,29,31);1H. The first-order valence-corrected chi connectivity index (χ1v) is 13.7. The molecular weight excluding hydrogens is 460 g/mol. The Bertz CT molecular complexity index is 1400. The van der Waals surface area contributed by atoms with Gasteiger partial charge >= 0.3 is 0 Å². The van der Waals surface area contributed by atoms with Gasteiger partial charge in [-0.3, -0.25) is 4.79 Å². The van der Waals surface area contributed by atoms with Crippen LogP contribution in [0.25, 0.3) is 11.1 Å². The Morgan fingerprint density at radius 1 is 1.09 bits per heavy atom. The van der Waals surface area contributed by atoms with Gasteiger partial charge in [-0.2, -0.15) is 0 Å². The van der Waals surface area contributed by atoms with Crippen LogP contribution in [-0.4, -0.2) is 38.5 Å². The van der Waals surface area contributed by atoms with Crippen LogP contribution in [0.1, 0.15) is 36.5 Å². The molecular formula is C28H32N2O4S. The minimum absolute atomic E-state index is 0. The van der Waals surface area contributed by atoms with E-state index < -0.39 is 15.4 Å². The van der Waals surface area contributed by atoms with Gasteiger partial charge in [0.25, 0.3) is 0 Å². The second-order valence-electron chi connectivity index (χ2n) is 9.70. The van der Waals surface area contributed by atoms with Crippen molar-refractivity contribution < 1.29 is 19.4 Å². The fourth-order valence-corrected chi connectivity index (χ4v) is 5.07. The largest absolute Gasteiger partial charge is 0.493 e. The van der Waals surface area contributed by atoms with Crippen LogP contribution in [0.15, 0.2) is 60.7 Å². The maximum Gasteiger partial charge on any atom is 0.235 e.